The van der Waals surface area contributed by atoms with Gasteiger partial charge in [-0.15, -0.1) is 10.2 Å². The van der Waals surface area contributed by atoms with E-state index in [1.165, 1.54) is 12.1 Å². The fourth-order valence-electron chi connectivity index (χ4n) is 3.25. The van der Waals surface area contributed by atoms with Crippen molar-refractivity contribution in [2.45, 2.75) is 19.4 Å². The number of esters is 1. The largest absolute Gasteiger partial charge is 0.452 e. The maximum absolute atomic E-state index is 12.7. The molecule has 4 rings (SSSR count). The smallest absolute Gasteiger partial charge is 0.341 e. The molecule has 9 nitrogen and oxygen atoms in total. The van der Waals surface area contributed by atoms with Crippen LogP contribution in [0.4, 0.5) is 11.4 Å². The highest BCUT2D eigenvalue weighted by molar-refractivity contribution is 5.96. The number of nitro groups is 1. The van der Waals surface area contributed by atoms with Gasteiger partial charge in [-0.2, -0.15) is 0 Å². The number of carbonyl (C=O) groups is 1. The summed E-state index contributed by atoms with van der Waals surface area (Å²) >= 11 is 0. The van der Waals surface area contributed by atoms with Gasteiger partial charge in [0.25, 0.3) is 11.6 Å². The van der Waals surface area contributed by atoms with Crippen LogP contribution >= 0.6 is 0 Å². The Morgan fingerprint density at radius 3 is 2.62 bits per heavy atom. The molecule has 0 radical (unpaired) electrons. The summed E-state index contributed by atoms with van der Waals surface area (Å²) < 4.78 is 10.8. The van der Waals surface area contributed by atoms with Crippen LogP contribution in [0.3, 0.4) is 0 Å². The van der Waals surface area contributed by atoms with E-state index in [0.29, 0.717) is 11.6 Å². The first-order chi connectivity index (χ1) is 14.1. The van der Waals surface area contributed by atoms with Gasteiger partial charge >= 0.3 is 5.97 Å². The normalized spacial score (nSPS) is 13.4. The van der Waals surface area contributed by atoms with E-state index in [4.69, 9.17) is 9.15 Å². The van der Waals surface area contributed by atoms with Crippen molar-refractivity contribution in [2.75, 3.05) is 18.0 Å². The van der Waals surface area contributed by atoms with Crippen molar-refractivity contribution in [3.8, 4) is 11.5 Å². The quantitative estimate of drug-likeness (QED) is 0.354. The Balaban J connectivity index is 1.51. The number of nitrogens with zero attached hydrogens (tertiary/aromatic N) is 4. The predicted octanol–water partition coefficient (Wildman–Crippen LogP) is 3.60. The number of carbonyl (C=O) groups excluding carboxylic acids is 1. The summed E-state index contributed by atoms with van der Waals surface area (Å²) in [5, 5.41) is 19.0. The van der Waals surface area contributed by atoms with Crippen molar-refractivity contribution < 1.29 is 18.9 Å². The molecular formula is C20H18N4O5. The summed E-state index contributed by atoms with van der Waals surface area (Å²) in [6, 6.07) is 13.5. The molecule has 0 spiro atoms. The maximum atomic E-state index is 12.7. The van der Waals surface area contributed by atoms with E-state index in [0.717, 1.165) is 31.5 Å². The first-order valence-corrected chi connectivity index (χ1v) is 9.20. The van der Waals surface area contributed by atoms with Crippen molar-refractivity contribution in [1.29, 1.82) is 0 Å². The highest BCUT2D eigenvalue weighted by atomic mass is 16.6. The predicted molar refractivity (Wildman–Crippen MR) is 103 cm³/mol. The number of nitro benzene ring substituents is 1. The van der Waals surface area contributed by atoms with Crippen molar-refractivity contribution in [1.82, 2.24) is 10.2 Å². The van der Waals surface area contributed by atoms with Gasteiger partial charge in [0, 0.05) is 30.8 Å². The van der Waals surface area contributed by atoms with Crippen LogP contribution in [-0.4, -0.2) is 34.2 Å². The molecule has 2 aromatic carbocycles. The lowest BCUT2D eigenvalue weighted by atomic mass is 10.1. The monoisotopic (exact) mass is 394 g/mol. The molecule has 0 aliphatic carbocycles. The van der Waals surface area contributed by atoms with Crippen LogP contribution in [0.5, 0.6) is 0 Å². The van der Waals surface area contributed by atoms with Crippen molar-refractivity contribution in [2.24, 2.45) is 0 Å². The van der Waals surface area contributed by atoms with E-state index in [-0.39, 0.29) is 23.7 Å². The molecule has 1 aliphatic heterocycles. The summed E-state index contributed by atoms with van der Waals surface area (Å²) in [6.45, 7) is 1.37. The van der Waals surface area contributed by atoms with Gasteiger partial charge < -0.3 is 14.1 Å². The molecule has 1 aromatic heterocycles. The zero-order valence-corrected chi connectivity index (χ0v) is 15.5. The van der Waals surface area contributed by atoms with Crippen molar-refractivity contribution >= 4 is 17.3 Å². The van der Waals surface area contributed by atoms with E-state index in [2.05, 4.69) is 10.2 Å². The van der Waals surface area contributed by atoms with Gasteiger partial charge in [0.05, 0.1) is 16.2 Å². The molecule has 29 heavy (non-hydrogen) atoms. The van der Waals surface area contributed by atoms with Crippen LogP contribution < -0.4 is 4.90 Å². The molecule has 3 aromatic rings. The maximum Gasteiger partial charge on any atom is 0.341 e. The van der Waals surface area contributed by atoms with Crippen LogP contribution in [0.2, 0.25) is 0 Å². The number of ether oxygens (including phenoxy) is 1. The third-order valence-electron chi connectivity index (χ3n) is 4.67. The van der Waals surface area contributed by atoms with Crippen molar-refractivity contribution in [3.05, 3.63) is 70.1 Å². The van der Waals surface area contributed by atoms with Gasteiger partial charge in [0.1, 0.15) is 0 Å². The topological polar surface area (TPSA) is 112 Å². The number of aromatic nitrogens is 2. The summed E-state index contributed by atoms with van der Waals surface area (Å²) in [7, 11) is 0. The highest BCUT2D eigenvalue weighted by Crippen LogP contribution is 2.29. The van der Waals surface area contributed by atoms with E-state index in [1.54, 1.807) is 6.07 Å². The zero-order chi connectivity index (χ0) is 20.2. The molecule has 2 heterocycles. The SMILES string of the molecule is O=C(OCc1nnc(-c2ccccc2)o1)c1cc([N+](=O)[O-])ccc1N1CCCC1. The van der Waals surface area contributed by atoms with Crippen LogP contribution in [-0.2, 0) is 11.3 Å². The minimum atomic E-state index is -0.671. The molecule has 0 amide bonds. The molecule has 0 N–H and O–H groups in total. The Hall–Kier alpha value is -3.75. The fourth-order valence-corrected chi connectivity index (χ4v) is 3.25. The third-order valence-corrected chi connectivity index (χ3v) is 4.67. The number of rotatable bonds is 6. The zero-order valence-electron chi connectivity index (χ0n) is 15.5. The molecule has 0 atom stereocenters. The molecule has 1 fully saturated rings. The lowest BCUT2D eigenvalue weighted by Gasteiger charge is -2.20. The Labute approximate surface area is 166 Å². The van der Waals surface area contributed by atoms with Gasteiger partial charge in [-0.25, -0.2) is 4.79 Å². The second kappa shape index (κ2) is 8.09. The lowest BCUT2D eigenvalue weighted by Crippen LogP contribution is -2.21. The molecule has 1 saturated heterocycles. The highest BCUT2D eigenvalue weighted by Gasteiger charge is 2.24. The molecule has 0 bridgehead atoms. The summed E-state index contributed by atoms with van der Waals surface area (Å²) in [5.74, 6) is -0.204. The summed E-state index contributed by atoms with van der Waals surface area (Å²) in [4.78, 5) is 25.3. The van der Waals surface area contributed by atoms with Crippen LogP contribution in [0.1, 0.15) is 29.1 Å². The second-order valence-corrected chi connectivity index (χ2v) is 6.60. The van der Waals surface area contributed by atoms with Gasteiger partial charge in [-0.05, 0) is 31.0 Å². The molecule has 148 valence electrons. The van der Waals surface area contributed by atoms with E-state index >= 15 is 0 Å². The molecule has 0 saturated carbocycles. The first kappa shape index (κ1) is 18.6. The average Bonchev–Trinajstić information content (AvgIpc) is 3.44. The van der Waals surface area contributed by atoms with E-state index in [1.807, 2.05) is 35.2 Å². The molecular weight excluding hydrogens is 376 g/mol. The average molecular weight is 394 g/mol. The minimum Gasteiger partial charge on any atom is -0.452 e. The van der Waals surface area contributed by atoms with Gasteiger partial charge in [-0.3, -0.25) is 10.1 Å². The Morgan fingerprint density at radius 2 is 1.90 bits per heavy atom. The number of non-ortho nitro benzene ring substituents is 1. The summed E-state index contributed by atoms with van der Waals surface area (Å²) in [6.07, 6.45) is 2.02. The summed E-state index contributed by atoms with van der Waals surface area (Å²) in [5.41, 5.74) is 1.38. The molecule has 9 heteroatoms. The number of anilines is 1. The van der Waals surface area contributed by atoms with Crippen molar-refractivity contribution in [3.63, 3.8) is 0 Å². The van der Waals surface area contributed by atoms with E-state index < -0.39 is 10.9 Å². The van der Waals surface area contributed by atoms with E-state index in [9.17, 15) is 14.9 Å². The van der Waals surface area contributed by atoms with Crippen LogP contribution in [0.15, 0.2) is 52.9 Å². The molecule has 0 unspecified atom stereocenters. The third kappa shape index (κ3) is 4.08. The number of benzene rings is 2. The van der Waals surface area contributed by atoms with Gasteiger partial charge in [-0.1, -0.05) is 18.2 Å². The van der Waals surface area contributed by atoms with Crippen LogP contribution in [0, 0.1) is 10.1 Å². The number of hydrogen-bond acceptors (Lipinski definition) is 8. The Kier molecular flexibility index (Phi) is 5.19. The lowest BCUT2D eigenvalue weighted by molar-refractivity contribution is -0.384. The first-order valence-electron chi connectivity index (χ1n) is 9.20. The molecule has 1 aliphatic rings. The minimum absolute atomic E-state index is 0.144. The standard InChI is InChI=1S/C20H18N4O5/c25-20(28-13-18-21-22-19(29-18)14-6-2-1-3-7-14)16-12-15(24(26)27)8-9-17(16)23-10-4-5-11-23/h1-3,6-9,12H,4-5,10-11,13H2. The van der Waals surface area contributed by atoms with Gasteiger partial charge in [0.2, 0.25) is 5.89 Å². The van der Waals surface area contributed by atoms with Crippen LogP contribution in [0.25, 0.3) is 11.5 Å². The second-order valence-electron chi connectivity index (χ2n) is 6.60. The number of hydrogen-bond donors (Lipinski definition) is 0. The Morgan fingerprint density at radius 1 is 1.14 bits per heavy atom. The Bertz CT molecular complexity index is 1030. The van der Waals surface area contributed by atoms with Gasteiger partial charge in [0.15, 0.2) is 6.61 Å². The fraction of sp³-hybridized carbons (Fsp3) is 0.250.